The summed E-state index contributed by atoms with van der Waals surface area (Å²) in [5, 5.41) is 10.0. The highest BCUT2D eigenvalue weighted by Gasteiger charge is 2.20. The van der Waals surface area contributed by atoms with Crippen LogP contribution in [0.4, 0.5) is 11.4 Å². The van der Waals surface area contributed by atoms with E-state index in [0.29, 0.717) is 12.1 Å². The fourth-order valence-corrected chi connectivity index (χ4v) is 4.50. The number of carbonyl (C=O) groups excluding carboxylic acids is 1. The molecule has 7 nitrogen and oxygen atoms in total. The number of dihydropyridines is 1. The van der Waals surface area contributed by atoms with Crippen LogP contribution in [-0.4, -0.2) is 38.9 Å². The molecular weight excluding hydrogens is 426 g/mol. The maximum absolute atomic E-state index is 11.9. The van der Waals surface area contributed by atoms with Crippen molar-refractivity contribution >= 4 is 17.3 Å². The van der Waals surface area contributed by atoms with Gasteiger partial charge in [0.15, 0.2) is 0 Å². The molecule has 2 aromatic rings. The van der Waals surface area contributed by atoms with Crippen molar-refractivity contribution in [1.82, 2.24) is 10.6 Å². The Balaban J connectivity index is 1.34. The van der Waals surface area contributed by atoms with Gasteiger partial charge in [-0.25, -0.2) is 0 Å². The third-order valence-electron chi connectivity index (χ3n) is 6.52. The summed E-state index contributed by atoms with van der Waals surface area (Å²) < 4.78 is 5.23. The van der Waals surface area contributed by atoms with E-state index >= 15 is 0 Å². The molecular formula is C27H35N5O2. The molecule has 1 atom stereocenters. The maximum Gasteiger partial charge on any atom is 0.252 e. The fraction of sp³-hybridized carbons (Fsp3) is 0.370. The first kappa shape index (κ1) is 23.7. The van der Waals surface area contributed by atoms with Crippen molar-refractivity contribution in [2.75, 3.05) is 37.0 Å². The number of carbonyl (C=O) groups is 1. The lowest BCUT2D eigenvalue weighted by molar-refractivity contribution is -0.114. The number of methoxy groups -OCH3 is 1. The first-order valence-electron chi connectivity index (χ1n) is 12.0. The quantitative estimate of drug-likeness (QED) is 0.434. The van der Waals surface area contributed by atoms with E-state index in [-0.39, 0.29) is 6.17 Å². The summed E-state index contributed by atoms with van der Waals surface area (Å²) in [5.74, 6) is 0.303. The van der Waals surface area contributed by atoms with Crippen molar-refractivity contribution in [2.45, 2.75) is 32.0 Å². The zero-order valence-corrected chi connectivity index (χ0v) is 19.8. The number of rotatable bonds is 10. The third kappa shape index (κ3) is 6.32. The van der Waals surface area contributed by atoms with Crippen molar-refractivity contribution in [1.29, 1.82) is 0 Å². The van der Waals surface area contributed by atoms with E-state index in [1.807, 2.05) is 36.4 Å². The molecule has 0 radical (unpaired) electrons. The van der Waals surface area contributed by atoms with Crippen LogP contribution in [0.2, 0.25) is 0 Å². The predicted octanol–water partition coefficient (Wildman–Crippen LogP) is 3.32. The van der Waals surface area contributed by atoms with Gasteiger partial charge in [-0.15, -0.1) is 0 Å². The Morgan fingerprint density at radius 3 is 2.53 bits per heavy atom. The highest BCUT2D eigenvalue weighted by molar-refractivity contribution is 5.96. The molecule has 1 saturated heterocycles. The van der Waals surface area contributed by atoms with Crippen molar-refractivity contribution in [3.8, 4) is 0 Å². The second kappa shape index (κ2) is 11.6. The van der Waals surface area contributed by atoms with Crippen LogP contribution < -0.4 is 26.6 Å². The molecule has 0 aromatic heterocycles. The number of piperidine rings is 1. The van der Waals surface area contributed by atoms with Gasteiger partial charge in [-0.05, 0) is 61.1 Å². The Labute approximate surface area is 202 Å². The summed E-state index contributed by atoms with van der Waals surface area (Å²) in [6.45, 7) is 3.64. The van der Waals surface area contributed by atoms with Crippen LogP contribution in [0.5, 0.6) is 0 Å². The van der Waals surface area contributed by atoms with Crippen molar-refractivity contribution < 1.29 is 9.53 Å². The second-order valence-corrected chi connectivity index (χ2v) is 8.89. The summed E-state index contributed by atoms with van der Waals surface area (Å²) in [6.07, 6.45) is 7.06. The highest BCUT2D eigenvalue weighted by atomic mass is 16.5. The van der Waals surface area contributed by atoms with Gasteiger partial charge in [0.1, 0.15) is 6.17 Å². The molecule has 180 valence electrons. The molecule has 2 heterocycles. The average Bonchev–Trinajstić information content (AvgIpc) is 2.87. The number of anilines is 2. The smallest absolute Gasteiger partial charge is 0.252 e. The Morgan fingerprint density at radius 1 is 1.12 bits per heavy atom. The van der Waals surface area contributed by atoms with Crippen LogP contribution in [-0.2, 0) is 16.1 Å². The molecule has 2 aromatic carbocycles. The van der Waals surface area contributed by atoms with E-state index in [1.54, 1.807) is 13.3 Å². The summed E-state index contributed by atoms with van der Waals surface area (Å²) in [6, 6.07) is 18.6. The van der Waals surface area contributed by atoms with Crippen molar-refractivity contribution in [2.24, 2.45) is 11.7 Å². The molecule has 0 aliphatic carbocycles. The molecule has 0 bridgehead atoms. The number of nitrogens with one attached hydrogen (secondary N) is 3. The molecule has 7 heteroatoms. The molecule has 2 aliphatic heterocycles. The summed E-state index contributed by atoms with van der Waals surface area (Å²) in [7, 11) is 1.78. The molecule has 0 saturated carbocycles. The number of primary amides is 1. The monoisotopic (exact) mass is 461 g/mol. The van der Waals surface area contributed by atoms with E-state index in [4.69, 9.17) is 10.5 Å². The van der Waals surface area contributed by atoms with Crippen molar-refractivity contribution in [3.05, 3.63) is 83.7 Å². The third-order valence-corrected chi connectivity index (χ3v) is 6.52. The standard InChI is InChI=1S/C27H35N5O2/c1-34-16-13-20-11-14-32(15-12-20)23-9-7-22(8-10-23)31-26-17-25(24(19-30-26)27(28)33)29-18-21-5-3-2-4-6-21/h2-10,17,19-20,26,29-31H,11-16,18H2,1H3,(H2,28,33). The summed E-state index contributed by atoms with van der Waals surface area (Å²) in [4.78, 5) is 14.4. The number of hydrogen-bond acceptors (Lipinski definition) is 6. The topological polar surface area (TPSA) is 91.7 Å². The van der Waals surface area contributed by atoms with Crippen LogP contribution in [0.15, 0.2) is 78.1 Å². The Bertz CT molecular complexity index is 995. The van der Waals surface area contributed by atoms with Gasteiger partial charge in [0.05, 0.1) is 5.57 Å². The van der Waals surface area contributed by atoms with Crippen LogP contribution in [0.3, 0.4) is 0 Å². The lowest BCUT2D eigenvalue weighted by Gasteiger charge is -2.33. The van der Waals surface area contributed by atoms with Crippen LogP contribution >= 0.6 is 0 Å². The predicted molar refractivity (Wildman–Crippen MR) is 137 cm³/mol. The number of ether oxygens (including phenoxy) is 1. The van der Waals surface area contributed by atoms with Crippen molar-refractivity contribution in [3.63, 3.8) is 0 Å². The molecule has 1 fully saturated rings. The van der Waals surface area contributed by atoms with Crippen LogP contribution in [0.1, 0.15) is 24.8 Å². The molecule has 5 N–H and O–H groups in total. The lowest BCUT2D eigenvalue weighted by Crippen LogP contribution is -2.38. The second-order valence-electron chi connectivity index (χ2n) is 8.89. The van der Waals surface area contributed by atoms with E-state index in [9.17, 15) is 4.79 Å². The van der Waals surface area contributed by atoms with Gasteiger partial charge in [0.25, 0.3) is 5.91 Å². The summed E-state index contributed by atoms with van der Waals surface area (Å²) in [5.41, 5.74) is 10.1. The fourth-order valence-electron chi connectivity index (χ4n) is 4.50. The van der Waals surface area contributed by atoms with E-state index in [2.05, 4.69) is 45.1 Å². The first-order valence-corrected chi connectivity index (χ1v) is 12.0. The molecule has 2 aliphatic rings. The van der Waals surface area contributed by atoms with Gasteiger partial charge in [-0.3, -0.25) is 4.79 Å². The van der Waals surface area contributed by atoms with Crippen LogP contribution in [0, 0.1) is 5.92 Å². The zero-order chi connectivity index (χ0) is 23.8. The van der Waals surface area contributed by atoms with Crippen LogP contribution in [0.25, 0.3) is 0 Å². The minimum absolute atomic E-state index is 0.163. The molecule has 4 rings (SSSR count). The first-order chi connectivity index (χ1) is 16.6. The molecule has 1 amide bonds. The van der Waals surface area contributed by atoms with E-state index < -0.39 is 5.91 Å². The Kier molecular flexibility index (Phi) is 8.09. The number of nitrogens with two attached hydrogens (primary N) is 1. The van der Waals surface area contributed by atoms with Gasteiger partial charge in [-0.2, -0.15) is 0 Å². The number of amides is 1. The molecule has 1 unspecified atom stereocenters. The zero-order valence-electron chi connectivity index (χ0n) is 19.8. The van der Waals surface area contributed by atoms with Gasteiger partial charge < -0.3 is 31.3 Å². The van der Waals surface area contributed by atoms with E-state index in [1.165, 1.54) is 18.5 Å². The number of benzene rings is 2. The van der Waals surface area contributed by atoms with Gasteiger partial charge in [0, 0.05) is 56.6 Å². The number of hydrogen-bond donors (Lipinski definition) is 4. The van der Waals surface area contributed by atoms with Gasteiger partial charge in [-0.1, -0.05) is 30.3 Å². The Morgan fingerprint density at radius 2 is 1.85 bits per heavy atom. The van der Waals surface area contributed by atoms with Gasteiger partial charge in [0.2, 0.25) is 0 Å². The normalized spacial score (nSPS) is 18.5. The minimum atomic E-state index is -0.465. The lowest BCUT2D eigenvalue weighted by atomic mass is 9.93. The highest BCUT2D eigenvalue weighted by Crippen LogP contribution is 2.26. The Hall–Kier alpha value is -3.45. The average molecular weight is 462 g/mol. The largest absolute Gasteiger partial charge is 0.385 e. The van der Waals surface area contributed by atoms with E-state index in [0.717, 1.165) is 49.0 Å². The molecule has 34 heavy (non-hydrogen) atoms. The maximum atomic E-state index is 11.9. The summed E-state index contributed by atoms with van der Waals surface area (Å²) >= 11 is 0. The van der Waals surface area contributed by atoms with Gasteiger partial charge >= 0.3 is 0 Å². The number of nitrogens with zero attached hydrogens (tertiary/aromatic N) is 1. The SMILES string of the molecule is COCCC1CCN(c2ccc(NC3C=C(NCc4ccccc4)C(C(N)=O)=CN3)cc2)CC1. The molecule has 0 spiro atoms. The minimum Gasteiger partial charge on any atom is -0.385 e.